The first-order chi connectivity index (χ1) is 15.7. The van der Waals surface area contributed by atoms with Gasteiger partial charge in [0, 0.05) is 51.5 Å². The third-order valence-electron chi connectivity index (χ3n) is 5.86. The van der Waals surface area contributed by atoms with Crippen molar-refractivity contribution in [1.82, 2.24) is 15.2 Å². The Labute approximate surface area is 188 Å². The highest BCUT2D eigenvalue weighted by Crippen LogP contribution is 2.18. The SMILES string of the molecule is O=C(COc1cccc(NC2CCOCC2)n1)NCC(O)CN1CCc2ccccc2C1. The monoisotopic (exact) mass is 440 g/mol. The van der Waals surface area contributed by atoms with Crippen molar-refractivity contribution in [2.75, 3.05) is 44.8 Å². The van der Waals surface area contributed by atoms with Crippen molar-refractivity contribution in [1.29, 1.82) is 0 Å². The van der Waals surface area contributed by atoms with Gasteiger partial charge in [-0.3, -0.25) is 9.69 Å². The standard InChI is InChI=1S/C24H32N4O4/c29-21(16-28-11-8-18-4-1-2-5-19(18)15-28)14-25-23(30)17-32-24-7-3-6-22(27-24)26-20-9-12-31-13-10-20/h1-7,20-21,29H,8-17H2,(H,25,30)(H,26,27). The molecule has 1 aromatic heterocycles. The highest BCUT2D eigenvalue weighted by atomic mass is 16.5. The number of anilines is 1. The van der Waals surface area contributed by atoms with E-state index in [9.17, 15) is 9.90 Å². The van der Waals surface area contributed by atoms with E-state index >= 15 is 0 Å². The van der Waals surface area contributed by atoms with E-state index in [1.54, 1.807) is 6.07 Å². The largest absolute Gasteiger partial charge is 0.468 e. The molecule has 1 atom stereocenters. The molecule has 0 aliphatic carbocycles. The number of nitrogens with one attached hydrogen (secondary N) is 2. The van der Waals surface area contributed by atoms with Crippen molar-refractivity contribution in [3.8, 4) is 5.88 Å². The Bertz CT molecular complexity index is 888. The van der Waals surface area contributed by atoms with Gasteiger partial charge in [0.1, 0.15) is 5.82 Å². The Hall–Kier alpha value is -2.68. The molecule has 4 rings (SSSR count). The minimum absolute atomic E-state index is 0.141. The molecule has 8 heteroatoms. The van der Waals surface area contributed by atoms with Gasteiger partial charge in [0.2, 0.25) is 5.88 Å². The molecule has 3 heterocycles. The zero-order chi connectivity index (χ0) is 22.2. The number of ether oxygens (including phenoxy) is 2. The Kier molecular flexibility index (Phi) is 7.92. The third kappa shape index (κ3) is 6.66. The van der Waals surface area contributed by atoms with Crippen LogP contribution in [0.15, 0.2) is 42.5 Å². The van der Waals surface area contributed by atoms with Gasteiger partial charge in [-0.15, -0.1) is 0 Å². The fourth-order valence-electron chi connectivity index (χ4n) is 4.12. The summed E-state index contributed by atoms with van der Waals surface area (Å²) in [6, 6.07) is 14.2. The normalized spacial score (nSPS) is 17.9. The van der Waals surface area contributed by atoms with E-state index in [1.807, 2.05) is 18.2 Å². The van der Waals surface area contributed by atoms with E-state index in [0.29, 0.717) is 18.5 Å². The number of rotatable bonds is 9. The lowest BCUT2D eigenvalue weighted by molar-refractivity contribution is -0.123. The van der Waals surface area contributed by atoms with Crippen LogP contribution in [0.4, 0.5) is 5.82 Å². The lowest BCUT2D eigenvalue weighted by Gasteiger charge is -2.30. The average molecular weight is 441 g/mol. The van der Waals surface area contributed by atoms with E-state index in [4.69, 9.17) is 9.47 Å². The van der Waals surface area contributed by atoms with Crippen LogP contribution in [0.25, 0.3) is 0 Å². The number of carbonyl (C=O) groups is 1. The molecule has 1 fully saturated rings. The number of aliphatic hydroxyl groups is 1. The zero-order valence-electron chi connectivity index (χ0n) is 18.3. The second kappa shape index (κ2) is 11.3. The van der Waals surface area contributed by atoms with Gasteiger partial charge in [-0.25, -0.2) is 0 Å². The van der Waals surface area contributed by atoms with Crippen molar-refractivity contribution in [2.45, 2.75) is 38.0 Å². The fraction of sp³-hybridized carbons (Fsp3) is 0.500. The molecule has 2 aromatic rings. The maximum Gasteiger partial charge on any atom is 0.258 e. The van der Waals surface area contributed by atoms with Gasteiger partial charge in [0.25, 0.3) is 5.91 Å². The molecule has 1 unspecified atom stereocenters. The summed E-state index contributed by atoms with van der Waals surface area (Å²) in [7, 11) is 0. The van der Waals surface area contributed by atoms with Crippen LogP contribution < -0.4 is 15.4 Å². The molecule has 1 amide bonds. The molecular formula is C24H32N4O4. The molecule has 2 aliphatic heterocycles. The van der Waals surface area contributed by atoms with Crippen LogP contribution in [0.1, 0.15) is 24.0 Å². The number of benzene rings is 1. The van der Waals surface area contributed by atoms with E-state index in [1.165, 1.54) is 11.1 Å². The topological polar surface area (TPSA) is 96.0 Å². The summed E-state index contributed by atoms with van der Waals surface area (Å²) in [5.41, 5.74) is 2.69. The summed E-state index contributed by atoms with van der Waals surface area (Å²) in [5.74, 6) is 0.843. The summed E-state index contributed by atoms with van der Waals surface area (Å²) < 4.78 is 10.9. The number of aliphatic hydroxyl groups excluding tert-OH is 1. The average Bonchev–Trinajstić information content (AvgIpc) is 2.82. The molecule has 8 nitrogen and oxygen atoms in total. The second-order valence-electron chi connectivity index (χ2n) is 8.39. The minimum atomic E-state index is -0.630. The maximum atomic E-state index is 12.2. The molecule has 0 saturated carbocycles. The quantitative estimate of drug-likeness (QED) is 0.545. The molecule has 0 spiro atoms. The van der Waals surface area contributed by atoms with Gasteiger partial charge in [-0.2, -0.15) is 4.98 Å². The Balaban J connectivity index is 1.16. The van der Waals surface area contributed by atoms with Gasteiger partial charge < -0.3 is 25.2 Å². The number of β-amino-alcohol motifs (C(OH)–C–C–N with tert-alkyl or cyclic N) is 1. The Morgan fingerprint density at radius 1 is 1.19 bits per heavy atom. The molecule has 0 radical (unpaired) electrons. The maximum absolute atomic E-state index is 12.2. The Morgan fingerprint density at radius 3 is 2.84 bits per heavy atom. The lowest BCUT2D eigenvalue weighted by atomic mass is 10.00. The van der Waals surface area contributed by atoms with Crippen molar-refractivity contribution in [3.63, 3.8) is 0 Å². The first-order valence-corrected chi connectivity index (χ1v) is 11.3. The number of hydrogen-bond donors (Lipinski definition) is 3. The van der Waals surface area contributed by atoms with Crippen molar-refractivity contribution < 1.29 is 19.4 Å². The highest BCUT2D eigenvalue weighted by molar-refractivity contribution is 5.77. The number of carbonyl (C=O) groups excluding carboxylic acids is 1. The van der Waals surface area contributed by atoms with E-state index in [2.05, 4.69) is 38.7 Å². The molecule has 1 aromatic carbocycles. The molecule has 0 bridgehead atoms. The third-order valence-corrected chi connectivity index (χ3v) is 5.86. The number of pyridine rings is 1. The number of nitrogens with zero attached hydrogens (tertiary/aromatic N) is 2. The lowest BCUT2D eigenvalue weighted by Crippen LogP contribution is -2.42. The van der Waals surface area contributed by atoms with Crippen LogP contribution in [0, 0.1) is 0 Å². The van der Waals surface area contributed by atoms with Crippen LogP contribution in [-0.4, -0.2) is 72.5 Å². The summed E-state index contributed by atoms with van der Waals surface area (Å²) >= 11 is 0. The molecule has 3 N–H and O–H groups in total. The molecule has 1 saturated heterocycles. The van der Waals surface area contributed by atoms with Crippen LogP contribution in [0.5, 0.6) is 5.88 Å². The summed E-state index contributed by atoms with van der Waals surface area (Å²) in [6.07, 6.45) is 2.25. The van der Waals surface area contributed by atoms with Gasteiger partial charge in [-0.1, -0.05) is 30.3 Å². The van der Waals surface area contributed by atoms with E-state index in [0.717, 1.165) is 51.4 Å². The first-order valence-electron chi connectivity index (χ1n) is 11.3. The number of aromatic nitrogens is 1. The molecule has 2 aliphatic rings. The number of fused-ring (bicyclic) bond motifs is 1. The van der Waals surface area contributed by atoms with Gasteiger partial charge in [-0.05, 0) is 36.5 Å². The van der Waals surface area contributed by atoms with Crippen molar-refractivity contribution in [2.24, 2.45) is 0 Å². The van der Waals surface area contributed by atoms with Crippen LogP contribution in [0.2, 0.25) is 0 Å². The number of amides is 1. The summed E-state index contributed by atoms with van der Waals surface area (Å²) in [5, 5.41) is 16.5. The smallest absolute Gasteiger partial charge is 0.258 e. The highest BCUT2D eigenvalue weighted by Gasteiger charge is 2.19. The second-order valence-corrected chi connectivity index (χ2v) is 8.39. The first kappa shape index (κ1) is 22.5. The zero-order valence-corrected chi connectivity index (χ0v) is 18.3. The predicted molar refractivity (Wildman–Crippen MR) is 122 cm³/mol. The van der Waals surface area contributed by atoms with Crippen LogP contribution in [-0.2, 0) is 22.5 Å². The van der Waals surface area contributed by atoms with Gasteiger partial charge >= 0.3 is 0 Å². The number of hydrogen-bond acceptors (Lipinski definition) is 7. The van der Waals surface area contributed by atoms with Crippen LogP contribution >= 0.6 is 0 Å². The van der Waals surface area contributed by atoms with Crippen molar-refractivity contribution >= 4 is 11.7 Å². The molecule has 32 heavy (non-hydrogen) atoms. The Morgan fingerprint density at radius 2 is 2.00 bits per heavy atom. The molecule has 172 valence electrons. The van der Waals surface area contributed by atoms with Gasteiger partial charge in [0.15, 0.2) is 6.61 Å². The predicted octanol–water partition coefficient (Wildman–Crippen LogP) is 1.59. The van der Waals surface area contributed by atoms with E-state index in [-0.39, 0.29) is 19.1 Å². The summed E-state index contributed by atoms with van der Waals surface area (Å²) in [6.45, 7) is 3.83. The minimum Gasteiger partial charge on any atom is -0.468 e. The fourth-order valence-corrected chi connectivity index (χ4v) is 4.12. The van der Waals surface area contributed by atoms with Crippen molar-refractivity contribution in [3.05, 3.63) is 53.6 Å². The van der Waals surface area contributed by atoms with Gasteiger partial charge in [0.05, 0.1) is 6.10 Å². The molecular weight excluding hydrogens is 408 g/mol. The van der Waals surface area contributed by atoms with Crippen LogP contribution in [0.3, 0.4) is 0 Å². The summed E-state index contributed by atoms with van der Waals surface area (Å²) in [4.78, 5) is 18.8. The van der Waals surface area contributed by atoms with E-state index < -0.39 is 6.10 Å².